The molecule has 0 bridgehead atoms. The van der Waals surface area contributed by atoms with Crippen LogP contribution in [0.5, 0.6) is 0 Å². The Kier molecular flexibility index (Phi) is 2.70. The summed E-state index contributed by atoms with van der Waals surface area (Å²) in [6.07, 6.45) is 8.66. The summed E-state index contributed by atoms with van der Waals surface area (Å²) in [5, 5.41) is 0.854. The molecule has 1 heteroatoms. The van der Waals surface area contributed by atoms with Crippen molar-refractivity contribution in [1.29, 1.82) is 0 Å². The largest absolute Gasteiger partial charge is 0.0840 e. The molecule has 2 atom stereocenters. The minimum absolute atomic E-state index is 0.0209. The van der Waals surface area contributed by atoms with Crippen molar-refractivity contribution in [3.63, 3.8) is 0 Å². The van der Waals surface area contributed by atoms with Gasteiger partial charge in [0.1, 0.15) is 0 Å². The van der Waals surface area contributed by atoms with E-state index in [0.717, 1.165) is 5.02 Å². The molecule has 0 saturated heterocycles. The third-order valence-electron chi connectivity index (χ3n) is 3.35. The maximum atomic E-state index is 6.25. The molecule has 1 aromatic rings. The van der Waals surface area contributed by atoms with E-state index in [9.17, 15) is 0 Å². The van der Waals surface area contributed by atoms with Gasteiger partial charge in [0, 0.05) is 10.4 Å². The van der Waals surface area contributed by atoms with Gasteiger partial charge in [-0.3, -0.25) is 0 Å². The lowest BCUT2D eigenvalue weighted by Gasteiger charge is -2.34. The molecule has 78 valence electrons. The van der Waals surface area contributed by atoms with Crippen molar-refractivity contribution in [2.45, 2.75) is 19.3 Å². The van der Waals surface area contributed by atoms with Gasteiger partial charge in [-0.15, -0.1) is 0 Å². The second-order valence-electron chi connectivity index (χ2n) is 4.30. The van der Waals surface area contributed by atoms with Gasteiger partial charge in [0.15, 0.2) is 0 Å². The van der Waals surface area contributed by atoms with Crippen LogP contribution in [0.4, 0.5) is 0 Å². The molecule has 0 heterocycles. The maximum Gasteiger partial charge on any atom is 0.0446 e. The van der Waals surface area contributed by atoms with Gasteiger partial charge < -0.3 is 0 Å². The molecule has 15 heavy (non-hydrogen) atoms. The molecular weight excluding hydrogens is 204 g/mol. The molecule has 0 amide bonds. The minimum Gasteiger partial charge on any atom is -0.0840 e. The Morgan fingerprint density at radius 1 is 1.20 bits per heavy atom. The lowest BCUT2D eigenvalue weighted by atomic mass is 9.70. The van der Waals surface area contributed by atoms with Gasteiger partial charge in [-0.25, -0.2) is 0 Å². The average Bonchev–Trinajstić information content (AvgIpc) is 2.23. The van der Waals surface area contributed by atoms with Crippen LogP contribution in [0.15, 0.2) is 48.6 Å². The van der Waals surface area contributed by atoms with E-state index in [0.29, 0.717) is 5.92 Å². The predicted octanol–water partition coefficient (Wildman–Crippen LogP) is 4.36. The van der Waals surface area contributed by atoms with Crippen molar-refractivity contribution < 1.29 is 0 Å². The van der Waals surface area contributed by atoms with Crippen molar-refractivity contribution in [2.75, 3.05) is 0 Å². The standard InChI is InChI=1S/C14H15Cl/c1-11-7-5-6-10-14(11,2)12-8-3-4-9-13(12)15/h3-11H,1-2H3. The van der Waals surface area contributed by atoms with Crippen molar-refractivity contribution >= 4 is 11.6 Å². The Labute approximate surface area is 96.3 Å². The topological polar surface area (TPSA) is 0 Å². The number of allylic oxidation sites excluding steroid dienone is 4. The normalized spacial score (nSPS) is 29.4. The fourth-order valence-corrected chi connectivity index (χ4v) is 2.41. The highest BCUT2D eigenvalue weighted by Gasteiger charge is 2.31. The van der Waals surface area contributed by atoms with E-state index in [-0.39, 0.29) is 5.41 Å². The molecule has 0 nitrogen and oxygen atoms in total. The van der Waals surface area contributed by atoms with Gasteiger partial charge in [-0.1, -0.05) is 68.0 Å². The van der Waals surface area contributed by atoms with Crippen LogP contribution < -0.4 is 0 Å². The van der Waals surface area contributed by atoms with Gasteiger partial charge in [0.2, 0.25) is 0 Å². The molecule has 0 fully saturated rings. The minimum atomic E-state index is 0.0209. The molecule has 1 aromatic carbocycles. The van der Waals surface area contributed by atoms with Crippen molar-refractivity contribution in [3.05, 3.63) is 59.2 Å². The highest BCUT2D eigenvalue weighted by molar-refractivity contribution is 6.31. The molecule has 0 N–H and O–H groups in total. The summed E-state index contributed by atoms with van der Waals surface area (Å²) in [4.78, 5) is 0. The zero-order chi connectivity index (χ0) is 10.9. The van der Waals surface area contributed by atoms with Gasteiger partial charge in [0.25, 0.3) is 0 Å². The second kappa shape index (κ2) is 3.86. The first-order valence-electron chi connectivity index (χ1n) is 5.25. The summed E-state index contributed by atoms with van der Waals surface area (Å²) >= 11 is 6.25. The van der Waals surface area contributed by atoms with Crippen LogP contribution in [0.2, 0.25) is 5.02 Å². The number of rotatable bonds is 1. The van der Waals surface area contributed by atoms with Crippen LogP contribution in [0.1, 0.15) is 19.4 Å². The van der Waals surface area contributed by atoms with Crippen LogP contribution in [-0.2, 0) is 5.41 Å². The summed E-state index contributed by atoms with van der Waals surface area (Å²) in [7, 11) is 0. The predicted molar refractivity (Wildman–Crippen MR) is 66.2 cm³/mol. The molecule has 1 aliphatic rings. The van der Waals surface area contributed by atoms with E-state index in [1.807, 2.05) is 18.2 Å². The lowest BCUT2D eigenvalue weighted by molar-refractivity contribution is 0.458. The number of hydrogen-bond acceptors (Lipinski definition) is 0. The fourth-order valence-electron chi connectivity index (χ4n) is 2.07. The molecule has 0 aromatic heterocycles. The average molecular weight is 219 g/mol. The Bertz CT molecular complexity index is 417. The molecule has 0 aliphatic heterocycles. The van der Waals surface area contributed by atoms with E-state index in [1.54, 1.807) is 0 Å². The molecule has 2 rings (SSSR count). The zero-order valence-electron chi connectivity index (χ0n) is 9.07. The summed E-state index contributed by atoms with van der Waals surface area (Å²) in [6, 6.07) is 8.09. The third-order valence-corrected chi connectivity index (χ3v) is 3.68. The maximum absolute atomic E-state index is 6.25. The number of halogens is 1. The number of benzene rings is 1. The first kappa shape index (κ1) is 10.5. The molecule has 1 aliphatic carbocycles. The smallest absolute Gasteiger partial charge is 0.0446 e. The van der Waals surface area contributed by atoms with E-state index in [2.05, 4.69) is 44.2 Å². The highest BCUT2D eigenvalue weighted by atomic mass is 35.5. The Morgan fingerprint density at radius 2 is 1.93 bits per heavy atom. The third kappa shape index (κ3) is 1.74. The van der Waals surface area contributed by atoms with Gasteiger partial charge in [-0.05, 0) is 17.5 Å². The molecular formula is C14H15Cl. The van der Waals surface area contributed by atoms with Crippen LogP contribution in [-0.4, -0.2) is 0 Å². The fraction of sp³-hybridized carbons (Fsp3) is 0.286. The van der Waals surface area contributed by atoms with Crippen LogP contribution in [0, 0.1) is 5.92 Å². The van der Waals surface area contributed by atoms with Crippen LogP contribution in [0.25, 0.3) is 0 Å². The Hall–Kier alpha value is -1.01. The first-order valence-corrected chi connectivity index (χ1v) is 5.63. The SMILES string of the molecule is CC1C=CC=CC1(C)c1ccccc1Cl. The van der Waals surface area contributed by atoms with Crippen molar-refractivity contribution in [3.8, 4) is 0 Å². The first-order chi connectivity index (χ1) is 7.14. The lowest BCUT2D eigenvalue weighted by Crippen LogP contribution is -2.28. The Morgan fingerprint density at radius 3 is 2.60 bits per heavy atom. The van der Waals surface area contributed by atoms with Crippen LogP contribution >= 0.6 is 11.6 Å². The van der Waals surface area contributed by atoms with E-state index in [4.69, 9.17) is 11.6 Å². The summed E-state index contributed by atoms with van der Waals surface area (Å²) in [5.41, 5.74) is 1.23. The second-order valence-corrected chi connectivity index (χ2v) is 4.70. The van der Waals surface area contributed by atoms with Gasteiger partial charge in [-0.2, -0.15) is 0 Å². The molecule has 0 saturated carbocycles. The van der Waals surface area contributed by atoms with E-state index >= 15 is 0 Å². The highest BCUT2D eigenvalue weighted by Crippen LogP contribution is 2.39. The van der Waals surface area contributed by atoms with E-state index < -0.39 is 0 Å². The monoisotopic (exact) mass is 218 g/mol. The zero-order valence-corrected chi connectivity index (χ0v) is 9.83. The summed E-state index contributed by atoms with van der Waals surface area (Å²) in [6.45, 7) is 4.46. The quantitative estimate of drug-likeness (QED) is 0.657. The molecule has 0 spiro atoms. The summed E-state index contributed by atoms with van der Waals surface area (Å²) < 4.78 is 0. The molecule has 0 radical (unpaired) electrons. The van der Waals surface area contributed by atoms with Gasteiger partial charge in [0.05, 0.1) is 0 Å². The van der Waals surface area contributed by atoms with Crippen molar-refractivity contribution in [1.82, 2.24) is 0 Å². The number of hydrogen-bond donors (Lipinski definition) is 0. The molecule has 2 unspecified atom stereocenters. The van der Waals surface area contributed by atoms with Crippen LogP contribution in [0.3, 0.4) is 0 Å². The summed E-state index contributed by atoms with van der Waals surface area (Å²) in [5.74, 6) is 0.474. The van der Waals surface area contributed by atoms with Gasteiger partial charge >= 0.3 is 0 Å². The van der Waals surface area contributed by atoms with E-state index in [1.165, 1.54) is 5.56 Å². The van der Waals surface area contributed by atoms with Crippen molar-refractivity contribution in [2.24, 2.45) is 5.92 Å². The Balaban J connectivity index is 2.50.